The van der Waals surface area contributed by atoms with E-state index >= 15 is 0 Å². The molecule has 1 amide bonds. The van der Waals surface area contributed by atoms with E-state index in [0.717, 1.165) is 73.9 Å². The van der Waals surface area contributed by atoms with E-state index in [1.807, 2.05) is 70.3 Å². The third kappa shape index (κ3) is 4.93. The normalized spacial score (nSPS) is 20.4. The van der Waals surface area contributed by atoms with Crippen molar-refractivity contribution in [3.63, 3.8) is 0 Å². The van der Waals surface area contributed by atoms with Crippen LogP contribution in [0, 0.1) is 5.92 Å². The van der Waals surface area contributed by atoms with Gasteiger partial charge in [0.2, 0.25) is 0 Å². The van der Waals surface area contributed by atoms with Crippen LogP contribution >= 0.6 is 11.3 Å². The molecule has 194 valence electrons. The average molecular weight is 523 g/mol. The highest BCUT2D eigenvalue weighted by Gasteiger charge is 2.45. The van der Waals surface area contributed by atoms with Crippen LogP contribution < -0.4 is 0 Å². The Balaban J connectivity index is 0.000000476. The van der Waals surface area contributed by atoms with Gasteiger partial charge in [-0.15, -0.1) is 0 Å². The third-order valence-electron chi connectivity index (χ3n) is 8.65. The van der Waals surface area contributed by atoms with E-state index < -0.39 is 0 Å². The Labute approximate surface area is 228 Å². The Hall–Kier alpha value is -3.28. The molecule has 3 aliphatic rings. The number of ketones is 1. The highest BCUT2D eigenvalue weighted by atomic mass is 32.1. The van der Waals surface area contributed by atoms with Crippen LogP contribution in [0.4, 0.5) is 0 Å². The van der Waals surface area contributed by atoms with E-state index in [1.54, 1.807) is 11.3 Å². The predicted molar refractivity (Wildman–Crippen MR) is 155 cm³/mol. The molecule has 1 unspecified atom stereocenters. The lowest BCUT2D eigenvalue weighted by molar-refractivity contribution is 0.0781. The second-order valence-corrected chi connectivity index (χ2v) is 11.8. The summed E-state index contributed by atoms with van der Waals surface area (Å²) in [6.07, 6.45) is 3.86. The first-order valence-corrected chi connectivity index (χ1v) is 14.7. The van der Waals surface area contributed by atoms with Crippen molar-refractivity contribution in [2.24, 2.45) is 5.92 Å². The summed E-state index contributed by atoms with van der Waals surface area (Å²) < 4.78 is 0. The SMILES string of the molecule is O=C1CC2(CCN(CC3CCN(C(=O)c4cccc5ccccc45)C3)CC2)c2ccccc21.c1ccsc1. The number of hydrogen-bond donors (Lipinski definition) is 0. The Kier molecular flexibility index (Phi) is 7.14. The molecule has 1 spiro atoms. The number of nitrogens with zero attached hydrogens (tertiary/aromatic N) is 2. The molecule has 38 heavy (non-hydrogen) atoms. The largest absolute Gasteiger partial charge is 0.338 e. The zero-order valence-corrected chi connectivity index (χ0v) is 22.5. The first-order chi connectivity index (χ1) is 18.6. The van der Waals surface area contributed by atoms with Crippen LogP contribution in [0.15, 0.2) is 89.6 Å². The summed E-state index contributed by atoms with van der Waals surface area (Å²) >= 11 is 1.71. The lowest BCUT2D eigenvalue weighted by Crippen LogP contribution is -2.44. The lowest BCUT2D eigenvalue weighted by atomic mass is 9.73. The van der Waals surface area contributed by atoms with Crippen LogP contribution in [0.5, 0.6) is 0 Å². The second kappa shape index (κ2) is 10.8. The van der Waals surface area contributed by atoms with Crippen LogP contribution in [0.1, 0.15) is 52.0 Å². The molecule has 4 aromatic rings. The summed E-state index contributed by atoms with van der Waals surface area (Å²) in [5, 5.41) is 6.24. The molecule has 2 aliphatic heterocycles. The molecule has 2 saturated heterocycles. The van der Waals surface area contributed by atoms with Crippen molar-refractivity contribution in [3.05, 3.63) is 106 Å². The summed E-state index contributed by atoms with van der Waals surface area (Å²) in [5.41, 5.74) is 3.10. The molecular weight excluding hydrogens is 488 g/mol. The van der Waals surface area contributed by atoms with Gasteiger partial charge in [0.15, 0.2) is 5.78 Å². The number of Topliss-reactive ketones (excluding diaryl/α,β-unsaturated/α-hetero) is 1. The van der Waals surface area contributed by atoms with Gasteiger partial charge in [-0.2, -0.15) is 11.3 Å². The molecule has 0 radical (unpaired) electrons. The van der Waals surface area contributed by atoms with Crippen molar-refractivity contribution in [1.29, 1.82) is 0 Å². The van der Waals surface area contributed by atoms with E-state index in [4.69, 9.17) is 0 Å². The van der Waals surface area contributed by atoms with E-state index in [-0.39, 0.29) is 11.3 Å². The van der Waals surface area contributed by atoms with Crippen LogP contribution in [0.2, 0.25) is 0 Å². The van der Waals surface area contributed by atoms with E-state index in [0.29, 0.717) is 18.1 Å². The summed E-state index contributed by atoms with van der Waals surface area (Å²) in [6.45, 7) is 4.80. The maximum atomic E-state index is 13.3. The summed E-state index contributed by atoms with van der Waals surface area (Å²) in [4.78, 5) is 30.5. The predicted octanol–water partition coefficient (Wildman–Crippen LogP) is 6.67. The highest BCUT2D eigenvalue weighted by molar-refractivity contribution is 7.07. The first kappa shape index (κ1) is 25.0. The van der Waals surface area contributed by atoms with Crippen molar-refractivity contribution in [3.8, 4) is 0 Å². The molecular formula is C33H34N2O2S. The molecule has 3 aromatic carbocycles. The van der Waals surface area contributed by atoms with Crippen molar-refractivity contribution in [2.75, 3.05) is 32.7 Å². The minimum Gasteiger partial charge on any atom is -0.338 e. The number of thiophene rings is 1. The van der Waals surface area contributed by atoms with Crippen molar-refractivity contribution >= 4 is 33.8 Å². The van der Waals surface area contributed by atoms with Gasteiger partial charge in [-0.3, -0.25) is 9.59 Å². The van der Waals surface area contributed by atoms with Gasteiger partial charge in [-0.25, -0.2) is 0 Å². The quantitative estimate of drug-likeness (QED) is 0.302. The number of rotatable bonds is 3. The van der Waals surface area contributed by atoms with Crippen LogP contribution in [-0.2, 0) is 5.41 Å². The Morgan fingerprint density at radius 1 is 0.868 bits per heavy atom. The van der Waals surface area contributed by atoms with Gasteiger partial charge in [0.05, 0.1) is 0 Å². The van der Waals surface area contributed by atoms with Gasteiger partial charge in [0.1, 0.15) is 0 Å². The molecule has 4 nitrogen and oxygen atoms in total. The molecule has 2 fully saturated rings. The smallest absolute Gasteiger partial charge is 0.254 e. The monoisotopic (exact) mass is 522 g/mol. The van der Waals surface area contributed by atoms with Crippen LogP contribution in [-0.4, -0.2) is 54.2 Å². The van der Waals surface area contributed by atoms with Crippen LogP contribution in [0.3, 0.4) is 0 Å². The minimum atomic E-state index is 0.0518. The van der Waals surface area contributed by atoms with Gasteiger partial charge >= 0.3 is 0 Å². The number of carbonyl (C=O) groups is 2. The summed E-state index contributed by atoms with van der Waals surface area (Å²) in [6, 6.07) is 26.4. The second-order valence-electron chi connectivity index (χ2n) is 11.0. The maximum Gasteiger partial charge on any atom is 0.254 e. The number of hydrogen-bond acceptors (Lipinski definition) is 4. The van der Waals surface area contributed by atoms with Crippen LogP contribution in [0.25, 0.3) is 10.8 Å². The number of fused-ring (bicyclic) bond motifs is 3. The highest BCUT2D eigenvalue weighted by Crippen LogP contribution is 2.46. The summed E-state index contributed by atoms with van der Waals surface area (Å²) in [5.74, 6) is 1.00. The van der Waals surface area contributed by atoms with Crippen molar-refractivity contribution < 1.29 is 9.59 Å². The number of piperidine rings is 1. The van der Waals surface area contributed by atoms with E-state index in [1.165, 1.54) is 5.56 Å². The molecule has 5 heteroatoms. The average Bonchev–Trinajstić information content (AvgIpc) is 3.73. The van der Waals surface area contributed by atoms with E-state index in [9.17, 15) is 9.59 Å². The fourth-order valence-electron chi connectivity index (χ4n) is 6.64. The molecule has 0 saturated carbocycles. The molecule has 1 aromatic heterocycles. The van der Waals surface area contributed by atoms with Gasteiger partial charge < -0.3 is 9.80 Å². The van der Waals surface area contributed by atoms with Gasteiger partial charge in [-0.05, 0) is 71.4 Å². The Bertz CT molecular complexity index is 1400. The third-order valence-corrected chi connectivity index (χ3v) is 9.27. The standard InChI is InChI=1S/C29H30N2O2.C4H4S/c32-27-18-29(26-11-4-3-9-25(26)27)13-16-30(17-14-29)19-21-12-15-31(20-21)28(33)24-10-5-7-22-6-1-2-8-23(22)24;1-2-4-5-3-1/h1-11,21H,12-20H2;1-4H. The minimum absolute atomic E-state index is 0.0518. The molecule has 7 rings (SSSR count). The first-order valence-electron chi connectivity index (χ1n) is 13.7. The molecule has 0 bridgehead atoms. The van der Waals surface area contributed by atoms with Crippen molar-refractivity contribution in [2.45, 2.75) is 31.1 Å². The van der Waals surface area contributed by atoms with E-state index in [2.05, 4.69) is 29.2 Å². The fourth-order valence-corrected chi connectivity index (χ4v) is 7.09. The lowest BCUT2D eigenvalue weighted by Gasteiger charge is -2.40. The number of carbonyl (C=O) groups excluding carboxylic acids is 2. The van der Waals surface area contributed by atoms with Gasteiger partial charge in [0.25, 0.3) is 5.91 Å². The molecule has 1 atom stereocenters. The molecule has 3 heterocycles. The topological polar surface area (TPSA) is 40.6 Å². The molecule has 0 N–H and O–H groups in total. The summed E-state index contributed by atoms with van der Waals surface area (Å²) in [7, 11) is 0. The Morgan fingerprint density at radius 2 is 1.61 bits per heavy atom. The maximum absolute atomic E-state index is 13.3. The Morgan fingerprint density at radius 3 is 2.39 bits per heavy atom. The van der Waals surface area contributed by atoms with Crippen molar-refractivity contribution in [1.82, 2.24) is 9.80 Å². The zero-order valence-electron chi connectivity index (χ0n) is 21.7. The number of benzene rings is 3. The molecule has 1 aliphatic carbocycles. The number of amides is 1. The van der Waals surface area contributed by atoms with Gasteiger partial charge in [0, 0.05) is 42.6 Å². The zero-order chi connectivity index (χ0) is 26.0. The number of likely N-dealkylation sites (tertiary alicyclic amines) is 2. The fraction of sp³-hybridized carbons (Fsp3) is 0.333. The van der Waals surface area contributed by atoms with Gasteiger partial charge in [-0.1, -0.05) is 72.8 Å².